The molecule has 11 heteroatoms. The van der Waals surface area contributed by atoms with Crippen LogP contribution in [-0.2, 0) is 19.1 Å². The topological polar surface area (TPSA) is 120 Å². The molecule has 0 radical (unpaired) electrons. The van der Waals surface area contributed by atoms with E-state index < -0.39 is 60.0 Å². The number of halogens is 3. The predicted octanol–water partition coefficient (Wildman–Crippen LogP) is 3.39. The lowest BCUT2D eigenvalue weighted by atomic mass is 9.98. The van der Waals surface area contributed by atoms with Crippen LogP contribution in [0.1, 0.15) is 65.5 Å². The first-order valence-corrected chi connectivity index (χ1v) is 11.3. The molecule has 0 saturated carbocycles. The first kappa shape index (κ1) is 30.2. The van der Waals surface area contributed by atoms with E-state index in [0.29, 0.717) is 11.3 Å². The fourth-order valence-electron chi connectivity index (χ4n) is 3.11. The molecule has 0 aliphatic rings. The molecule has 1 unspecified atom stereocenters. The number of alkyl halides is 3. The van der Waals surface area contributed by atoms with Gasteiger partial charge in [-0.3, -0.25) is 14.4 Å². The van der Waals surface area contributed by atoms with E-state index in [-0.39, 0.29) is 12.8 Å². The highest BCUT2D eigenvalue weighted by molar-refractivity contribution is 5.91. The number of rotatable bonds is 11. The Bertz CT molecular complexity index is 851. The van der Waals surface area contributed by atoms with Gasteiger partial charge in [0, 0.05) is 12.5 Å². The van der Waals surface area contributed by atoms with Gasteiger partial charge < -0.3 is 25.8 Å². The minimum Gasteiger partial charge on any atom is -0.497 e. The zero-order valence-corrected chi connectivity index (χ0v) is 21.0. The number of amides is 2. The molecule has 3 atom stereocenters. The van der Waals surface area contributed by atoms with Crippen molar-refractivity contribution >= 4 is 17.8 Å². The summed E-state index contributed by atoms with van der Waals surface area (Å²) in [4.78, 5) is 37.7. The van der Waals surface area contributed by atoms with Crippen molar-refractivity contribution in [3.8, 4) is 5.75 Å². The summed E-state index contributed by atoms with van der Waals surface area (Å²) < 4.78 is 49.3. The van der Waals surface area contributed by atoms with Gasteiger partial charge in [0.1, 0.15) is 17.4 Å². The number of carbonyl (C=O) groups is 3. The summed E-state index contributed by atoms with van der Waals surface area (Å²) in [5.41, 5.74) is 5.55. The van der Waals surface area contributed by atoms with Crippen LogP contribution in [0.3, 0.4) is 0 Å². The number of hydrogen-bond acceptors (Lipinski definition) is 6. The Labute approximate surface area is 204 Å². The smallest absolute Gasteiger partial charge is 0.391 e. The molecule has 0 heterocycles. The molecule has 2 amide bonds. The Morgan fingerprint density at radius 3 is 2.03 bits per heavy atom. The van der Waals surface area contributed by atoms with Gasteiger partial charge in [-0.05, 0) is 50.8 Å². The van der Waals surface area contributed by atoms with Crippen molar-refractivity contribution in [3.63, 3.8) is 0 Å². The molecule has 0 fully saturated rings. The molecule has 0 bridgehead atoms. The van der Waals surface area contributed by atoms with Gasteiger partial charge in [0.2, 0.25) is 11.8 Å². The van der Waals surface area contributed by atoms with Crippen LogP contribution in [0.4, 0.5) is 13.2 Å². The number of ether oxygens (including phenoxy) is 2. The molecule has 0 spiro atoms. The van der Waals surface area contributed by atoms with Crippen LogP contribution < -0.4 is 21.1 Å². The molecule has 1 rings (SSSR count). The molecule has 0 aliphatic heterocycles. The van der Waals surface area contributed by atoms with Crippen LogP contribution in [0.15, 0.2) is 24.3 Å². The number of methoxy groups -OCH3 is 1. The average molecular weight is 504 g/mol. The number of nitrogens with one attached hydrogen (secondary N) is 2. The second-order valence-corrected chi connectivity index (χ2v) is 9.62. The first-order chi connectivity index (χ1) is 16.0. The Morgan fingerprint density at radius 2 is 1.57 bits per heavy atom. The number of carbonyl (C=O) groups excluding carboxylic acids is 3. The fraction of sp³-hybridized carbons (Fsp3) is 0.625. The number of benzene rings is 1. The maximum absolute atomic E-state index is 13.0. The van der Waals surface area contributed by atoms with Crippen LogP contribution in [0.2, 0.25) is 0 Å². The molecule has 1 aromatic rings. The lowest BCUT2D eigenvalue weighted by molar-refractivity contribution is -0.155. The molecule has 35 heavy (non-hydrogen) atoms. The van der Waals surface area contributed by atoms with Gasteiger partial charge in [0.05, 0.1) is 19.6 Å². The number of hydrogen-bond donors (Lipinski definition) is 3. The highest BCUT2D eigenvalue weighted by Crippen LogP contribution is 2.26. The van der Waals surface area contributed by atoms with E-state index in [9.17, 15) is 27.6 Å². The Balaban J connectivity index is 3.02. The van der Waals surface area contributed by atoms with E-state index in [1.807, 2.05) is 0 Å². The minimum absolute atomic E-state index is 0.0413. The van der Waals surface area contributed by atoms with Crippen LogP contribution in [0, 0.1) is 5.92 Å². The summed E-state index contributed by atoms with van der Waals surface area (Å²) >= 11 is 0. The van der Waals surface area contributed by atoms with Crippen molar-refractivity contribution in [2.45, 2.75) is 83.8 Å². The Hall–Kier alpha value is -2.82. The maximum Gasteiger partial charge on any atom is 0.391 e. The van der Waals surface area contributed by atoms with Crippen LogP contribution >= 0.6 is 0 Å². The van der Waals surface area contributed by atoms with Gasteiger partial charge in [-0.15, -0.1) is 0 Å². The van der Waals surface area contributed by atoms with Gasteiger partial charge >= 0.3 is 12.1 Å². The SMILES string of the molecule is COc1ccc(C(NC(=O)[C@@H](N)CCC(=O)OC(C)(C)C)C(=O)N[C@H](CC(F)(F)F)C(C)C)cc1. The zero-order valence-electron chi connectivity index (χ0n) is 21.0. The van der Waals surface area contributed by atoms with Gasteiger partial charge in [0.25, 0.3) is 0 Å². The minimum atomic E-state index is -4.48. The quantitative estimate of drug-likeness (QED) is 0.398. The van der Waals surface area contributed by atoms with Crippen molar-refractivity contribution in [3.05, 3.63) is 29.8 Å². The van der Waals surface area contributed by atoms with E-state index in [1.165, 1.54) is 19.2 Å². The summed E-state index contributed by atoms with van der Waals surface area (Å²) in [5, 5.41) is 4.90. The van der Waals surface area contributed by atoms with Crippen molar-refractivity contribution in [2.75, 3.05) is 7.11 Å². The summed E-state index contributed by atoms with van der Waals surface area (Å²) in [6.45, 7) is 8.24. The largest absolute Gasteiger partial charge is 0.497 e. The molecule has 0 aromatic heterocycles. The lowest BCUT2D eigenvalue weighted by Gasteiger charge is -2.27. The third-order valence-corrected chi connectivity index (χ3v) is 5.00. The normalized spacial score (nSPS) is 14.6. The lowest BCUT2D eigenvalue weighted by Crippen LogP contribution is -2.50. The molecular formula is C24H36F3N3O5. The number of nitrogens with two attached hydrogens (primary N) is 1. The standard InChI is InChI=1S/C24H36F3N3O5/c1-14(2)18(13-24(25,26)27)29-22(33)20(15-7-9-16(34-6)10-8-15)30-21(32)17(28)11-12-19(31)35-23(3,4)5/h7-10,14,17-18,20H,11-13,28H2,1-6H3,(H,29,33)(H,30,32)/t17-,18+,20?/m0/s1. The van der Waals surface area contributed by atoms with Gasteiger partial charge in [0.15, 0.2) is 0 Å². The molecule has 8 nitrogen and oxygen atoms in total. The monoisotopic (exact) mass is 503 g/mol. The summed E-state index contributed by atoms with van der Waals surface area (Å²) in [6.07, 6.45) is -5.85. The maximum atomic E-state index is 13.0. The van der Waals surface area contributed by atoms with Crippen molar-refractivity contribution in [2.24, 2.45) is 11.7 Å². The van der Waals surface area contributed by atoms with Gasteiger partial charge in [-0.25, -0.2) is 0 Å². The summed E-state index contributed by atoms with van der Waals surface area (Å²) in [7, 11) is 1.45. The molecule has 0 aliphatic carbocycles. The van der Waals surface area contributed by atoms with E-state index in [2.05, 4.69) is 10.6 Å². The average Bonchev–Trinajstić information content (AvgIpc) is 2.72. The fourth-order valence-corrected chi connectivity index (χ4v) is 3.11. The van der Waals surface area contributed by atoms with E-state index in [4.69, 9.17) is 15.2 Å². The van der Waals surface area contributed by atoms with Crippen LogP contribution in [0.25, 0.3) is 0 Å². The molecule has 198 valence electrons. The second kappa shape index (κ2) is 12.8. The molecule has 0 saturated heterocycles. The highest BCUT2D eigenvalue weighted by Gasteiger charge is 2.36. The molecule has 4 N–H and O–H groups in total. The Kier molecular flexibility index (Phi) is 11.0. The highest BCUT2D eigenvalue weighted by atomic mass is 19.4. The molecular weight excluding hydrogens is 467 g/mol. The predicted molar refractivity (Wildman–Crippen MR) is 124 cm³/mol. The third-order valence-electron chi connectivity index (χ3n) is 5.00. The zero-order chi connectivity index (χ0) is 27.0. The molecule has 1 aromatic carbocycles. The van der Waals surface area contributed by atoms with Crippen LogP contribution in [0.5, 0.6) is 5.75 Å². The summed E-state index contributed by atoms with van der Waals surface area (Å²) in [5.74, 6) is -2.10. The van der Waals surface area contributed by atoms with Crippen molar-refractivity contribution in [1.82, 2.24) is 10.6 Å². The Morgan fingerprint density at radius 1 is 1.00 bits per heavy atom. The number of esters is 1. The van der Waals surface area contributed by atoms with E-state index >= 15 is 0 Å². The summed E-state index contributed by atoms with van der Waals surface area (Å²) in [6, 6.07) is 2.50. The van der Waals surface area contributed by atoms with Crippen LogP contribution in [-0.4, -0.2) is 48.8 Å². The van der Waals surface area contributed by atoms with Crippen molar-refractivity contribution in [1.29, 1.82) is 0 Å². The van der Waals surface area contributed by atoms with E-state index in [0.717, 1.165) is 0 Å². The second-order valence-electron chi connectivity index (χ2n) is 9.62. The third kappa shape index (κ3) is 11.4. The van der Waals surface area contributed by atoms with Gasteiger partial charge in [-0.1, -0.05) is 26.0 Å². The van der Waals surface area contributed by atoms with Gasteiger partial charge in [-0.2, -0.15) is 13.2 Å². The van der Waals surface area contributed by atoms with E-state index in [1.54, 1.807) is 46.8 Å². The van der Waals surface area contributed by atoms with Crippen molar-refractivity contribution < 1.29 is 37.0 Å². The first-order valence-electron chi connectivity index (χ1n) is 11.3.